The Balaban J connectivity index is 1.55. The van der Waals surface area contributed by atoms with E-state index < -0.39 is 0 Å². The van der Waals surface area contributed by atoms with Gasteiger partial charge in [-0.15, -0.1) is 0 Å². The van der Waals surface area contributed by atoms with Crippen LogP contribution in [0.25, 0.3) is 11.3 Å². The number of nitrogens with one attached hydrogen (secondary N) is 1. The number of carbonyl (C=O) groups is 1. The molecule has 2 N–H and O–H groups in total. The van der Waals surface area contributed by atoms with Crippen molar-refractivity contribution in [2.24, 2.45) is 0 Å². The van der Waals surface area contributed by atoms with Crippen LogP contribution in [0.4, 0.5) is 0 Å². The first-order valence-corrected chi connectivity index (χ1v) is 11.6. The van der Waals surface area contributed by atoms with Gasteiger partial charge < -0.3 is 19.5 Å². The highest BCUT2D eigenvalue weighted by Crippen LogP contribution is 2.45. The zero-order chi connectivity index (χ0) is 24.4. The van der Waals surface area contributed by atoms with Crippen molar-refractivity contribution in [3.63, 3.8) is 0 Å². The van der Waals surface area contributed by atoms with E-state index in [0.717, 1.165) is 23.1 Å². The third kappa shape index (κ3) is 4.10. The fourth-order valence-electron chi connectivity index (χ4n) is 4.60. The van der Waals surface area contributed by atoms with Gasteiger partial charge in [-0.1, -0.05) is 55.5 Å². The molecular weight excluding hydrogens is 442 g/mol. The van der Waals surface area contributed by atoms with Gasteiger partial charge in [0, 0.05) is 17.7 Å². The number of hydrogen-bond donors (Lipinski definition) is 2. The standard InChI is InChI=1S/C28H27N3O4/c1-3-15-31-27(24-25(29-30-26(24)28(31)33)20-11-7-8-12-21(20)32)19-13-14-22(23(16-19)34-2)35-17-18-9-5-4-6-10-18/h4-14,16,27,32H,3,15,17H2,1-2H3,(H,29,30)/t27-/m1/s1. The van der Waals surface area contributed by atoms with Crippen molar-refractivity contribution >= 4 is 5.91 Å². The number of aromatic amines is 1. The fourth-order valence-corrected chi connectivity index (χ4v) is 4.60. The summed E-state index contributed by atoms with van der Waals surface area (Å²) in [5.74, 6) is 1.22. The number of phenols is 1. The number of para-hydroxylation sites is 1. The zero-order valence-corrected chi connectivity index (χ0v) is 19.7. The van der Waals surface area contributed by atoms with E-state index in [1.165, 1.54) is 0 Å². The highest BCUT2D eigenvalue weighted by Gasteiger charge is 2.42. The van der Waals surface area contributed by atoms with E-state index in [1.807, 2.05) is 66.4 Å². The van der Waals surface area contributed by atoms with Gasteiger partial charge in [0.25, 0.3) is 5.91 Å². The van der Waals surface area contributed by atoms with E-state index in [4.69, 9.17) is 9.47 Å². The average molecular weight is 470 g/mol. The minimum Gasteiger partial charge on any atom is -0.507 e. The number of carbonyl (C=O) groups excluding carboxylic acids is 1. The molecule has 0 bridgehead atoms. The van der Waals surface area contributed by atoms with Crippen molar-refractivity contribution < 1.29 is 19.4 Å². The quantitative estimate of drug-likeness (QED) is 0.364. The number of fused-ring (bicyclic) bond motifs is 1. The number of aromatic hydroxyl groups is 1. The Hall–Kier alpha value is -4.26. The maximum Gasteiger partial charge on any atom is 0.273 e. The summed E-state index contributed by atoms with van der Waals surface area (Å²) >= 11 is 0. The van der Waals surface area contributed by atoms with Crippen LogP contribution in [0.15, 0.2) is 72.8 Å². The Kier molecular flexibility index (Phi) is 6.14. The first kappa shape index (κ1) is 22.5. The second-order valence-electron chi connectivity index (χ2n) is 8.46. The van der Waals surface area contributed by atoms with E-state index in [-0.39, 0.29) is 17.7 Å². The Bertz CT molecular complexity index is 1350. The number of nitrogens with zero attached hydrogens (tertiary/aromatic N) is 2. The normalized spacial score (nSPS) is 14.7. The second kappa shape index (κ2) is 9.54. The number of hydrogen-bond acceptors (Lipinski definition) is 5. The van der Waals surface area contributed by atoms with Gasteiger partial charge in [0.05, 0.1) is 13.2 Å². The summed E-state index contributed by atoms with van der Waals surface area (Å²) in [6.45, 7) is 3.05. The monoisotopic (exact) mass is 469 g/mol. The molecule has 4 aromatic rings. The van der Waals surface area contributed by atoms with Crippen LogP contribution in [0.1, 0.15) is 46.6 Å². The minimum absolute atomic E-state index is 0.107. The molecule has 1 amide bonds. The lowest BCUT2D eigenvalue weighted by molar-refractivity contribution is 0.0743. The third-order valence-electron chi connectivity index (χ3n) is 6.23. The van der Waals surface area contributed by atoms with E-state index in [9.17, 15) is 9.90 Å². The Morgan fingerprint density at radius 2 is 1.80 bits per heavy atom. The topological polar surface area (TPSA) is 87.7 Å². The summed E-state index contributed by atoms with van der Waals surface area (Å²) in [6, 6.07) is 22.3. The summed E-state index contributed by atoms with van der Waals surface area (Å²) in [7, 11) is 1.61. The predicted molar refractivity (Wildman–Crippen MR) is 133 cm³/mol. The van der Waals surface area contributed by atoms with Crippen molar-refractivity contribution in [2.45, 2.75) is 26.0 Å². The summed E-state index contributed by atoms with van der Waals surface area (Å²) < 4.78 is 11.7. The van der Waals surface area contributed by atoms with Crippen LogP contribution in [-0.4, -0.2) is 39.8 Å². The van der Waals surface area contributed by atoms with Gasteiger partial charge in [-0.3, -0.25) is 9.89 Å². The molecule has 0 saturated heterocycles. The smallest absolute Gasteiger partial charge is 0.273 e. The van der Waals surface area contributed by atoms with Gasteiger partial charge in [-0.05, 0) is 41.8 Å². The van der Waals surface area contributed by atoms with Crippen LogP contribution in [0.5, 0.6) is 17.2 Å². The number of H-pyrrole nitrogens is 1. The lowest BCUT2D eigenvalue weighted by Gasteiger charge is -2.26. The highest BCUT2D eigenvalue weighted by molar-refractivity contribution is 6.00. The first-order chi connectivity index (χ1) is 17.1. The predicted octanol–water partition coefficient (Wildman–Crippen LogP) is 5.33. The Labute approximate surface area is 203 Å². The molecule has 5 rings (SSSR count). The van der Waals surface area contributed by atoms with Crippen LogP contribution in [-0.2, 0) is 6.61 Å². The highest BCUT2D eigenvalue weighted by atomic mass is 16.5. The first-order valence-electron chi connectivity index (χ1n) is 11.6. The molecule has 1 aromatic heterocycles. The van der Waals surface area contributed by atoms with E-state index in [0.29, 0.717) is 41.6 Å². The average Bonchev–Trinajstić information content (AvgIpc) is 3.43. The molecule has 1 atom stereocenters. The number of rotatable bonds is 8. The maximum atomic E-state index is 13.3. The van der Waals surface area contributed by atoms with E-state index >= 15 is 0 Å². The molecule has 1 aliphatic heterocycles. The van der Waals surface area contributed by atoms with Crippen LogP contribution in [0, 0.1) is 0 Å². The molecule has 35 heavy (non-hydrogen) atoms. The molecular formula is C28H27N3O4. The molecule has 0 saturated carbocycles. The second-order valence-corrected chi connectivity index (χ2v) is 8.46. The molecule has 178 valence electrons. The summed E-state index contributed by atoms with van der Waals surface area (Å²) in [6.07, 6.45) is 0.807. The molecule has 0 aliphatic carbocycles. The lowest BCUT2D eigenvalue weighted by Crippen LogP contribution is -2.30. The molecule has 7 heteroatoms. The summed E-state index contributed by atoms with van der Waals surface area (Å²) in [5.41, 5.74) is 4.29. The van der Waals surface area contributed by atoms with Crippen molar-refractivity contribution in [3.8, 4) is 28.5 Å². The number of methoxy groups -OCH3 is 1. The zero-order valence-electron chi connectivity index (χ0n) is 19.7. The number of benzene rings is 3. The van der Waals surface area contributed by atoms with Gasteiger partial charge in [0.1, 0.15) is 23.7 Å². The van der Waals surface area contributed by atoms with Crippen molar-refractivity contribution in [2.75, 3.05) is 13.7 Å². The molecule has 1 aliphatic rings. The minimum atomic E-state index is -0.372. The molecule has 2 heterocycles. The molecule has 0 spiro atoms. The third-order valence-corrected chi connectivity index (χ3v) is 6.23. The Morgan fingerprint density at radius 1 is 1.03 bits per heavy atom. The SMILES string of the molecule is CCCN1C(=O)c2[nH]nc(-c3ccccc3O)c2[C@H]1c1ccc(OCc2ccccc2)c(OC)c1. The number of amides is 1. The van der Waals surface area contributed by atoms with E-state index in [2.05, 4.69) is 10.2 Å². The van der Waals surface area contributed by atoms with Gasteiger partial charge in [-0.25, -0.2) is 0 Å². The summed E-state index contributed by atoms with van der Waals surface area (Å²) in [5, 5.41) is 17.8. The maximum absolute atomic E-state index is 13.3. The van der Waals surface area contributed by atoms with Crippen LogP contribution in [0.3, 0.4) is 0 Å². The molecule has 0 radical (unpaired) electrons. The molecule has 0 unspecified atom stereocenters. The van der Waals surface area contributed by atoms with Gasteiger partial charge >= 0.3 is 0 Å². The number of ether oxygens (including phenoxy) is 2. The lowest BCUT2D eigenvalue weighted by atomic mass is 9.95. The number of aromatic nitrogens is 2. The van der Waals surface area contributed by atoms with Gasteiger partial charge in [0.2, 0.25) is 0 Å². The van der Waals surface area contributed by atoms with Crippen LogP contribution < -0.4 is 9.47 Å². The van der Waals surface area contributed by atoms with Crippen molar-refractivity contribution in [1.82, 2.24) is 15.1 Å². The molecule has 7 nitrogen and oxygen atoms in total. The summed E-state index contributed by atoms with van der Waals surface area (Å²) in [4.78, 5) is 15.2. The van der Waals surface area contributed by atoms with Crippen molar-refractivity contribution in [3.05, 3.63) is 95.2 Å². The fraction of sp³-hybridized carbons (Fsp3) is 0.214. The molecule has 3 aromatic carbocycles. The van der Waals surface area contributed by atoms with E-state index in [1.54, 1.807) is 25.3 Å². The number of phenolic OH excluding ortho intramolecular Hbond substituents is 1. The largest absolute Gasteiger partial charge is 0.507 e. The Morgan fingerprint density at radius 3 is 2.54 bits per heavy atom. The van der Waals surface area contributed by atoms with Gasteiger partial charge in [0.15, 0.2) is 11.5 Å². The molecule has 0 fully saturated rings. The van der Waals surface area contributed by atoms with Crippen LogP contribution in [0.2, 0.25) is 0 Å². The van der Waals surface area contributed by atoms with Crippen molar-refractivity contribution in [1.29, 1.82) is 0 Å². The van der Waals surface area contributed by atoms with Crippen LogP contribution >= 0.6 is 0 Å². The van der Waals surface area contributed by atoms with Gasteiger partial charge in [-0.2, -0.15) is 5.10 Å².